The molecule has 1 aliphatic heterocycles. The van der Waals surface area contributed by atoms with Gasteiger partial charge < -0.3 is 20.9 Å². The second-order valence-electron chi connectivity index (χ2n) is 6.27. The van der Waals surface area contributed by atoms with E-state index < -0.39 is 11.5 Å². The van der Waals surface area contributed by atoms with E-state index in [0.29, 0.717) is 12.3 Å². The normalized spacial score (nSPS) is 19.5. The van der Waals surface area contributed by atoms with Crippen molar-refractivity contribution in [1.29, 1.82) is 0 Å². The predicted molar refractivity (Wildman–Crippen MR) is 95.3 cm³/mol. The number of anilines is 1. The molecule has 0 unspecified atom stereocenters. The first-order valence-electron chi connectivity index (χ1n) is 8.47. The zero-order valence-electron chi connectivity index (χ0n) is 14.4. The molecule has 4 N–H and O–H groups in total. The van der Waals surface area contributed by atoms with Crippen LogP contribution in [0.4, 0.5) is 10.1 Å². The van der Waals surface area contributed by atoms with Crippen molar-refractivity contribution in [2.24, 2.45) is 21.5 Å². The molecule has 1 spiro atoms. The summed E-state index contributed by atoms with van der Waals surface area (Å²) in [7, 11) is 1.57. The highest BCUT2D eigenvalue weighted by Gasteiger charge is 2.42. The van der Waals surface area contributed by atoms with Crippen molar-refractivity contribution in [1.82, 2.24) is 0 Å². The lowest BCUT2D eigenvalue weighted by Gasteiger charge is -2.45. The van der Waals surface area contributed by atoms with Gasteiger partial charge in [0.05, 0.1) is 6.61 Å². The Morgan fingerprint density at radius 1 is 1.20 bits per heavy atom. The van der Waals surface area contributed by atoms with Crippen molar-refractivity contribution >= 4 is 17.6 Å². The fourth-order valence-electron chi connectivity index (χ4n) is 3.48. The molecule has 0 radical (unpaired) electrons. The number of hydrogen-bond donors (Lipinski definition) is 2. The molecule has 1 aromatic carbocycles. The van der Waals surface area contributed by atoms with Crippen LogP contribution in [0.3, 0.4) is 0 Å². The molecule has 7 nitrogen and oxygen atoms in total. The summed E-state index contributed by atoms with van der Waals surface area (Å²) in [4.78, 5) is 10.5. The lowest BCUT2D eigenvalue weighted by atomic mass is 9.87. The molecule has 1 aromatic rings. The van der Waals surface area contributed by atoms with Gasteiger partial charge in [0.2, 0.25) is 11.9 Å². The maximum absolute atomic E-state index is 14.5. The second-order valence-corrected chi connectivity index (χ2v) is 6.27. The number of nitrogens with two attached hydrogens (primary N) is 2. The number of hydrogen-bond acceptors (Lipinski definition) is 7. The van der Waals surface area contributed by atoms with Crippen LogP contribution >= 0.6 is 0 Å². The smallest absolute Gasteiger partial charge is 0.220 e. The number of methoxy groups -OCH3 is 1. The Morgan fingerprint density at radius 3 is 2.64 bits per heavy atom. The van der Waals surface area contributed by atoms with Crippen molar-refractivity contribution < 1.29 is 13.9 Å². The van der Waals surface area contributed by atoms with Gasteiger partial charge in [-0.05, 0) is 37.8 Å². The highest BCUT2D eigenvalue weighted by Crippen LogP contribution is 2.40. The third-order valence-corrected chi connectivity index (χ3v) is 4.57. The first-order valence-corrected chi connectivity index (χ1v) is 8.47. The van der Waals surface area contributed by atoms with Gasteiger partial charge in [0.25, 0.3) is 0 Å². The molecular weight excluding hydrogens is 325 g/mol. The van der Waals surface area contributed by atoms with Crippen molar-refractivity contribution in [3.63, 3.8) is 0 Å². The summed E-state index contributed by atoms with van der Waals surface area (Å²) in [6, 6.07) is 4.75. The van der Waals surface area contributed by atoms with Crippen molar-refractivity contribution in [2.75, 3.05) is 25.2 Å². The fraction of sp³-hybridized carbons (Fsp3) is 0.529. The summed E-state index contributed by atoms with van der Waals surface area (Å²) in [5, 5.41) is 0. The fourth-order valence-corrected chi connectivity index (χ4v) is 3.48. The van der Waals surface area contributed by atoms with Gasteiger partial charge in [-0.25, -0.2) is 9.38 Å². The zero-order chi connectivity index (χ0) is 17.9. The zero-order valence-corrected chi connectivity index (χ0v) is 14.4. The first kappa shape index (κ1) is 17.5. The van der Waals surface area contributed by atoms with Gasteiger partial charge in [-0.15, -0.1) is 0 Å². The molecule has 25 heavy (non-hydrogen) atoms. The van der Waals surface area contributed by atoms with E-state index in [0.717, 1.165) is 32.1 Å². The van der Waals surface area contributed by atoms with E-state index in [9.17, 15) is 4.39 Å². The Morgan fingerprint density at radius 2 is 1.96 bits per heavy atom. The van der Waals surface area contributed by atoms with Crippen molar-refractivity contribution in [3.05, 3.63) is 24.0 Å². The van der Waals surface area contributed by atoms with Crippen LogP contribution in [0.15, 0.2) is 28.2 Å². The Kier molecular flexibility index (Phi) is 5.08. The average molecular weight is 349 g/mol. The lowest BCUT2D eigenvalue weighted by Crippen LogP contribution is -2.58. The molecule has 1 saturated carbocycles. The molecule has 1 aliphatic carbocycles. The minimum atomic E-state index is -0.584. The summed E-state index contributed by atoms with van der Waals surface area (Å²) in [6.45, 7) is 0.675. The van der Waals surface area contributed by atoms with Crippen molar-refractivity contribution in [2.45, 2.75) is 37.8 Å². The Labute approximate surface area is 146 Å². The van der Waals surface area contributed by atoms with E-state index in [-0.39, 0.29) is 24.3 Å². The van der Waals surface area contributed by atoms with E-state index in [1.807, 2.05) is 0 Å². The quantitative estimate of drug-likeness (QED) is 0.792. The third kappa shape index (κ3) is 3.53. The van der Waals surface area contributed by atoms with Crippen molar-refractivity contribution in [3.8, 4) is 5.75 Å². The predicted octanol–water partition coefficient (Wildman–Crippen LogP) is 1.96. The number of nitrogens with zero attached hydrogens (tertiary/aromatic N) is 3. The highest BCUT2D eigenvalue weighted by atomic mass is 19.1. The summed E-state index contributed by atoms with van der Waals surface area (Å²) in [5.41, 5.74) is 12.0. The SMILES string of the molecule is COCCOc1ccc(N2C(N)=NC(N)=NC23CCCCC3)cc1F. The molecule has 0 bridgehead atoms. The molecule has 0 amide bonds. The van der Waals surface area contributed by atoms with Gasteiger partial charge in [-0.1, -0.05) is 6.42 Å². The number of halogens is 1. The monoisotopic (exact) mass is 349 g/mol. The highest BCUT2D eigenvalue weighted by molar-refractivity contribution is 6.05. The Hall–Kier alpha value is -2.35. The topological polar surface area (TPSA) is 98.5 Å². The Balaban J connectivity index is 1.90. The summed E-state index contributed by atoms with van der Waals surface area (Å²) >= 11 is 0. The van der Waals surface area contributed by atoms with Gasteiger partial charge in [-0.2, -0.15) is 4.99 Å². The van der Waals surface area contributed by atoms with Gasteiger partial charge in [0, 0.05) is 18.9 Å². The number of rotatable bonds is 5. The number of guanidine groups is 2. The first-order chi connectivity index (χ1) is 12.1. The molecule has 2 aliphatic rings. The van der Waals surface area contributed by atoms with Crippen LogP contribution in [0.1, 0.15) is 32.1 Å². The van der Waals surface area contributed by atoms with Gasteiger partial charge >= 0.3 is 0 Å². The van der Waals surface area contributed by atoms with E-state index in [1.165, 1.54) is 6.07 Å². The molecule has 0 atom stereocenters. The molecule has 1 heterocycles. The van der Waals surface area contributed by atoms with Gasteiger partial charge in [-0.3, -0.25) is 4.90 Å². The number of benzene rings is 1. The Bertz CT molecular complexity index is 686. The molecule has 3 rings (SSSR count). The maximum Gasteiger partial charge on any atom is 0.220 e. The average Bonchev–Trinajstić information content (AvgIpc) is 2.57. The van der Waals surface area contributed by atoms with Crippen LogP contribution in [-0.4, -0.2) is 37.9 Å². The molecule has 1 fully saturated rings. The van der Waals surface area contributed by atoms with Crippen LogP contribution in [-0.2, 0) is 4.74 Å². The summed E-state index contributed by atoms with van der Waals surface area (Å²) in [5.74, 6) is 0.126. The maximum atomic E-state index is 14.5. The lowest BCUT2D eigenvalue weighted by molar-refractivity contribution is 0.144. The van der Waals surface area contributed by atoms with Gasteiger partial charge in [0.15, 0.2) is 11.6 Å². The van der Waals surface area contributed by atoms with Crippen LogP contribution in [0.5, 0.6) is 5.75 Å². The van der Waals surface area contributed by atoms with E-state index in [2.05, 4.69) is 9.98 Å². The third-order valence-electron chi connectivity index (χ3n) is 4.57. The van der Waals surface area contributed by atoms with E-state index >= 15 is 0 Å². The molecule has 136 valence electrons. The van der Waals surface area contributed by atoms with Crippen LogP contribution < -0.4 is 21.1 Å². The molecule has 0 aromatic heterocycles. The van der Waals surface area contributed by atoms with Crippen LogP contribution in [0, 0.1) is 5.82 Å². The van der Waals surface area contributed by atoms with E-state index in [1.54, 1.807) is 24.1 Å². The minimum absolute atomic E-state index is 0.175. The second kappa shape index (κ2) is 7.26. The molecule has 0 saturated heterocycles. The summed E-state index contributed by atoms with van der Waals surface area (Å²) in [6.07, 6.45) is 4.78. The van der Waals surface area contributed by atoms with Crippen LogP contribution in [0.25, 0.3) is 0 Å². The number of aliphatic imine (C=N–C) groups is 2. The molecule has 8 heteroatoms. The minimum Gasteiger partial charge on any atom is -0.488 e. The summed E-state index contributed by atoms with van der Waals surface area (Å²) < 4.78 is 24.7. The van der Waals surface area contributed by atoms with Gasteiger partial charge in [0.1, 0.15) is 12.3 Å². The van der Waals surface area contributed by atoms with E-state index in [4.69, 9.17) is 20.9 Å². The largest absolute Gasteiger partial charge is 0.488 e. The number of ether oxygens (including phenoxy) is 2. The standard InChI is InChI=1S/C17H24FN5O2/c1-24-9-10-25-14-6-5-12(11-13(14)18)23-16(20)21-15(19)22-17(23)7-3-2-4-8-17/h5-6,11H,2-4,7-10H2,1H3,(H4,19,20,21,22). The van der Waals surface area contributed by atoms with Crippen LogP contribution in [0.2, 0.25) is 0 Å². The molecular formula is C17H24FN5O2.